The molecule has 1 saturated carbocycles. The number of rotatable bonds is 3. The van der Waals surface area contributed by atoms with Gasteiger partial charge in [0.2, 0.25) is 5.89 Å². The van der Waals surface area contributed by atoms with Gasteiger partial charge in [-0.1, -0.05) is 16.8 Å². The minimum Gasteiger partial charge on any atom is -0.353 e. The molecule has 0 N–H and O–H groups in total. The molecule has 7 heteroatoms. The molecule has 0 amide bonds. The quantitative estimate of drug-likeness (QED) is 0.865. The zero-order valence-corrected chi connectivity index (χ0v) is 12.8. The molecule has 0 radical (unpaired) electrons. The maximum atomic E-state index is 14.0. The van der Waals surface area contributed by atoms with Gasteiger partial charge in [0.25, 0.3) is 0 Å². The van der Waals surface area contributed by atoms with Crippen LogP contribution in [0.1, 0.15) is 49.2 Å². The molecule has 1 atom stereocenters. The van der Waals surface area contributed by atoms with Crippen molar-refractivity contribution in [1.82, 2.24) is 15.1 Å². The van der Waals surface area contributed by atoms with E-state index in [0.717, 1.165) is 43.9 Å². The molecule has 22 heavy (non-hydrogen) atoms. The number of pyridine rings is 1. The van der Waals surface area contributed by atoms with Crippen LogP contribution in [0.4, 0.5) is 10.2 Å². The van der Waals surface area contributed by atoms with Gasteiger partial charge in [-0.2, -0.15) is 4.98 Å². The van der Waals surface area contributed by atoms with Crippen LogP contribution >= 0.6 is 11.6 Å². The summed E-state index contributed by atoms with van der Waals surface area (Å²) in [5.41, 5.74) is 0. The van der Waals surface area contributed by atoms with Gasteiger partial charge in [0.05, 0.1) is 5.02 Å². The van der Waals surface area contributed by atoms with Crippen LogP contribution in [0.5, 0.6) is 0 Å². The molecule has 2 aliphatic rings. The molecule has 2 aromatic heterocycles. The molecule has 2 aromatic rings. The average molecular weight is 323 g/mol. The van der Waals surface area contributed by atoms with E-state index in [9.17, 15) is 4.39 Å². The van der Waals surface area contributed by atoms with Crippen molar-refractivity contribution in [3.05, 3.63) is 34.8 Å². The highest BCUT2D eigenvalue weighted by atomic mass is 35.5. The number of halogens is 2. The summed E-state index contributed by atoms with van der Waals surface area (Å²) in [4.78, 5) is 10.6. The van der Waals surface area contributed by atoms with E-state index < -0.39 is 0 Å². The fourth-order valence-electron chi connectivity index (χ4n) is 2.93. The monoisotopic (exact) mass is 322 g/mol. The fourth-order valence-corrected chi connectivity index (χ4v) is 3.07. The fraction of sp³-hybridized carbons (Fsp3) is 0.533. The third-order valence-electron chi connectivity index (χ3n) is 4.26. The van der Waals surface area contributed by atoms with Crippen molar-refractivity contribution < 1.29 is 8.91 Å². The molecule has 1 saturated heterocycles. The number of aromatic nitrogens is 3. The lowest BCUT2D eigenvalue weighted by Crippen LogP contribution is -2.35. The smallest absolute Gasteiger partial charge is 0.229 e. The summed E-state index contributed by atoms with van der Waals surface area (Å²) in [6.07, 6.45) is 5.68. The Morgan fingerprint density at radius 3 is 2.91 bits per heavy atom. The third kappa shape index (κ3) is 2.67. The zero-order valence-electron chi connectivity index (χ0n) is 12.0. The van der Waals surface area contributed by atoms with Crippen LogP contribution < -0.4 is 4.90 Å². The van der Waals surface area contributed by atoms with Crippen LogP contribution in [0, 0.1) is 5.82 Å². The van der Waals surface area contributed by atoms with Crippen molar-refractivity contribution in [2.24, 2.45) is 0 Å². The molecule has 0 spiro atoms. The number of nitrogens with zero attached hydrogens (tertiary/aromatic N) is 4. The molecule has 0 aromatic carbocycles. The van der Waals surface area contributed by atoms with Gasteiger partial charge in [0, 0.05) is 31.1 Å². The largest absolute Gasteiger partial charge is 0.353 e. The van der Waals surface area contributed by atoms with Crippen molar-refractivity contribution in [3.8, 4) is 0 Å². The van der Waals surface area contributed by atoms with Gasteiger partial charge in [-0.15, -0.1) is 0 Å². The predicted octanol–water partition coefficient (Wildman–Crippen LogP) is 3.52. The van der Waals surface area contributed by atoms with Crippen LogP contribution in [0.3, 0.4) is 0 Å². The number of piperidine rings is 1. The van der Waals surface area contributed by atoms with Gasteiger partial charge in [0.1, 0.15) is 0 Å². The molecule has 1 aliphatic carbocycles. The molecule has 3 heterocycles. The Kier molecular flexibility index (Phi) is 3.48. The third-order valence-corrected chi connectivity index (χ3v) is 4.47. The van der Waals surface area contributed by atoms with E-state index >= 15 is 0 Å². The molecule has 1 aliphatic heterocycles. The van der Waals surface area contributed by atoms with Crippen LogP contribution in [-0.4, -0.2) is 28.2 Å². The maximum Gasteiger partial charge on any atom is 0.229 e. The highest BCUT2D eigenvalue weighted by molar-refractivity contribution is 6.30. The lowest BCUT2D eigenvalue weighted by Gasteiger charge is -2.32. The first-order valence-electron chi connectivity index (χ1n) is 7.60. The van der Waals surface area contributed by atoms with Gasteiger partial charge in [-0.3, -0.25) is 0 Å². The second-order valence-corrected chi connectivity index (χ2v) is 6.45. The number of hydrogen-bond acceptors (Lipinski definition) is 5. The van der Waals surface area contributed by atoms with Gasteiger partial charge in [-0.25, -0.2) is 9.37 Å². The van der Waals surface area contributed by atoms with E-state index in [1.54, 1.807) is 0 Å². The molecule has 2 fully saturated rings. The number of hydrogen-bond donors (Lipinski definition) is 0. The molecule has 5 nitrogen and oxygen atoms in total. The van der Waals surface area contributed by atoms with E-state index in [-0.39, 0.29) is 11.7 Å². The SMILES string of the molecule is Fc1cc(Cl)cnc1N1CCCC(c2noc(C3CC3)n2)C1. The van der Waals surface area contributed by atoms with Crippen molar-refractivity contribution in [1.29, 1.82) is 0 Å². The van der Waals surface area contributed by atoms with E-state index in [2.05, 4.69) is 15.1 Å². The highest BCUT2D eigenvalue weighted by Crippen LogP contribution is 2.39. The Balaban J connectivity index is 1.53. The standard InChI is InChI=1S/C15H16ClFN4O/c16-11-6-12(17)14(18-7-11)21-5-1-2-10(8-21)13-19-15(22-20-13)9-3-4-9/h6-7,9-10H,1-5,8H2. The molecular formula is C15H16ClFN4O. The van der Waals surface area contributed by atoms with E-state index in [1.165, 1.54) is 12.3 Å². The Labute approximate surface area is 132 Å². The summed E-state index contributed by atoms with van der Waals surface area (Å²) in [6, 6.07) is 1.30. The second-order valence-electron chi connectivity index (χ2n) is 6.01. The molecule has 4 rings (SSSR count). The highest BCUT2D eigenvalue weighted by Gasteiger charge is 2.32. The van der Waals surface area contributed by atoms with Crippen LogP contribution in [0.25, 0.3) is 0 Å². The summed E-state index contributed by atoms with van der Waals surface area (Å²) in [5, 5.41) is 4.43. The van der Waals surface area contributed by atoms with Gasteiger partial charge in [-0.05, 0) is 31.7 Å². The molecule has 116 valence electrons. The summed E-state index contributed by atoms with van der Waals surface area (Å²) >= 11 is 5.77. The first-order valence-corrected chi connectivity index (χ1v) is 7.98. The molecule has 0 bridgehead atoms. The summed E-state index contributed by atoms with van der Waals surface area (Å²) in [6.45, 7) is 1.42. The first-order chi connectivity index (χ1) is 10.7. The van der Waals surface area contributed by atoms with Crippen LogP contribution in [0.2, 0.25) is 5.02 Å². The summed E-state index contributed by atoms with van der Waals surface area (Å²) < 4.78 is 19.4. The van der Waals surface area contributed by atoms with Crippen LogP contribution in [0.15, 0.2) is 16.8 Å². The van der Waals surface area contributed by atoms with Crippen molar-refractivity contribution in [2.45, 2.75) is 37.5 Å². The minimum atomic E-state index is -0.389. The molecule has 1 unspecified atom stereocenters. The normalized spacial score (nSPS) is 22.1. The average Bonchev–Trinajstić information content (AvgIpc) is 3.25. The van der Waals surface area contributed by atoms with E-state index in [4.69, 9.17) is 16.1 Å². The van der Waals surface area contributed by atoms with Crippen LogP contribution in [-0.2, 0) is 0 Å². The summed E-state index contributed by atoms with van der Waals surface area (Å²) in [7, 11) is 0. The number of anilines is 1. The van der Waals surface area contributed by atoms with Crippen molar-refractivity contribution >= 4 is 17.4 Å². The van der Waals surface area contributed by atoms with Gasteiger partial charge >= 0.3 is 0 Å². The maximum absolute atomic E-state index is 14.0. The lowest BCUT2D eigenvalue weighted by atomic mass is 9.97. The first kappa shape index (κ1) is 13.9. The van der Waals surface area contributed by atoms with E-state index in [1.807, 2.05) is 4.90 Å². The van der Waals surface area contributed by atoms with E-state index in [0.29, 0.717) is 23.3 Å². The lowest BCUT2D eigenvalue weighted by molar-refractivity contribution is 0.365. The Bertz CT molecular complexity index is 688. The zero-order chi connectivity index (χ0) is 15.1. The topological polar surface area (TPSA) is 55.1 Å². The second kappa shape index (κ2) is 5.50. The molecular weight excluding hydrogens is 307 g/mol. The Morgan fingerprint density at radius 1 is 1.27 bits per heavy atom. The van der Waals surface area contributed by atoms with Gasteiger partial charge < -0.3 is 9.42 Å². The van der Waals surface area contributed by atoms with Crippen molar-refractivity contribution in [2.75, 3.05) is 18.0 Å². The Hall–Kier alpha value is -1.69. The predicted molar refractivity (Wildman–Crippen MR) is 79.7 cm³/mol. The minimum absolute atomic E-state index is 0.155. The Morgan fingerprint density at radius 2 is 2.14 bits per heavy atom. The van der Waals surface area contributed by atoms with Crippen molar-refractivity contribution in [3.63, 3.8) is 0 Å². The van der Waals surface area contributed by atoms with Gasteiger partial charge in [0.15, 0.2) is 17.5 Å². The summed E-state index contributed by atoms with van der Waals surface area (Å²) in [5.74, 6) is 2.06.